The number of amides is 1. The van der Waals surface area contributed by atoms with Crippen molar-refractivity contribution < 1.29 is 17.6 Å². The highest BCUT2D eigenvalue weighted by Gasteiger charge is 2.41. The predicted octanol–water partition coefficient (Wildman–Crippen LogP) is 5.91. The second-order valence-electron chi connectivity index (χ2n) is 10.4. The van der Waals surface area contributed by atoms with Gasteiger partial charge >= 0.3 is 0 Å². The zero-order chi connectivity index (χ0) is 27.7. The summed E-state index contributed by atoms with van der Waals surface area (Å²) in [6, 6.07) is 18.1. The Kier molecular flexibility index (Phi) is 7.95. The minimum absolute atomic E-state index is 0.134. The number of anilines is 1. The van der Waals surface area contributed by atoms with Gasteiger partial charge < -0.3 is 10.2 Å². The van der Waals surface area contributed by atoms with Gasteiger partial charge in [0, 0.05) is 35.4 Å². The summed E-state index contributed by atoms with van der Waals surface area (Å²) in [5.41, 5.74) is 3.00. The lowest BCUT2D eigenvalue weighted by Crippen LogP contribution is -2.49. The molecule has 2 N–H and O–H groups in total. The van der Waals surface area contributed by atoms with Crippen LogP contribution in [0.1, 0.15) is 67.7 Å². The third kappa shape index (κ3) is 5.61. The zero-order valence-corrected chi connectivity index (χ0v) is 23.4. The predicted molar refractivity (Wildman–Crippen MR) is 149 cm³/mol. The van der Waals surface area contributed by atoms with Crippen LogP contribution in [0.5, 0.6) is 0 Å². The van der Waals surface area contributed by atoms with Gasteiger partial charge in [0.2, 0.25) is 10.0 Å². The van der Waals surface area contributed by atoms with E-state index in [1.165, 1.54) is 6.07 Å². The molecule has 1 heterocycles. The van der Waals surface area contributed by atoms with E-state index in [-0.39, 0.29) is 29.1 Å². The van der Waals surface area contributed by atoms with Crippen molar-refractivity contribution in [2.45, 2.75) is 64.1 Å². The highest BCUT2D eigenvalue weighted by molar-refractivity contribution is 7.89. The molecule has 0 fully saturated rings. The van der Waals surface area contributed by atoms with Gasteiger partial charge in [-0.3, -0.25) is 4.79 Å². The van der Waals surface area contributed by atoms with Crippen LogP contribution in [0.3, 0.4) is 0 Å². The van der Waals surface area contributed by atoms with Crippen LogP contribution in [0, 0.1) is 11.7 Å². The van der Waals surface area contributed by atoms with E-state index in [9.17, 15) is 17.6 Å². The number of rotatable bonds is 8. The molecule has 0 saturated carbocycles. The maximum Gasteiger partial charge on any atom is 0.254 e. The molecule has 0 aromatic heterocycles. The van der Waals surface area contributed by atoms with Gasteiger partial charge in [-0.05, 0) is 80.6 Å². The Morgan fingerprint density at radius 1 is 1.05 bits per heavy atom. The van der Waals surface area contributed by atoms with Crippen molar-refractivity contribution in [1.82, 2.24) is 9.62 Å². The van der Waals surface area contributed by atoms with Gasteiger partial charge in [0.1, 0.15) is 5.82 Å². The van der Waals surface area contributed by atoms with Gasteiger partial charge in [-0.15, -0.1) is 0 Å². The lowest BCUT2D eigenvalue weighted by Gasteiger charge is -2.45. The molecule has 3 aromatic rings. The normalized spacial score (nSPS) is 18.4. The molecule has 1 aliphatic rings. The summed E-state index contributed by atoms with van der Waals surface area (Å²) in [5, 5.41) is 3.50. The first-order chi connectivity index (χ1) is 18.0. The van der Waals surface area contributed by atoms with E-state index in [2.05, 4.69) is 10.0 Å². The maximum absolute atomic E-state index is 14.3. The smallest absolute Gasteiger partial charge is 0.254 e. The number of sulfonamides is 1. The van der Waals surface area contributed by atoms with Crippen LogP contribution in [0.15, 0.2) is 71.6 Å². The Balaban J connectivity index is 1.68. The molecular weight excluding hydrogens is 501 g/mol. The van der Waals surface area contributed by atoms with E-state index in [0.29, 0.717) is 23.2 Å². The summed E-state index contributed by atoms with van der Waals surface area (Å²) in [7, 11) is -3.83. The molecule has 0 spiro atoms. The van der Waals surface area contributed by atoms with Crippen LogP contribution >= 0.6 is 0 Å². The molecule has 8 heteroatoms. The zero-order valence-electron chi connectivity index (χ0n) is 22.6. The lowest BCUT2D eigenvalue weighted by molar-refractivity contribution is 0.0751. The monoisotopic (exact) mass is 537 g/mol. The van der Waals surface area contributed by atoms with Crippen molar-refractivity contribution in [1.29, 1.82) is 0 Å². The highest BCUT2D eigenvalue weighted by atomic mass is 32.2. The summed E-state index contributed by atoms with van der Waals surface area (Å²) in [6.45, 7) is 10.5. The number of nitrogens with one attached hydrogen (secondary N) is 2. The van der Waals surface area contributed by atoms with Gasteiger partial charge in [0.25, 0.3) is 5.91 Å². The van der Waals surface area contributed by atoms with Crippen molar-refractivity contribution in [3.05, 3.63) is 94.8 Å². The number of aryl methyl sites for hydroxylation is 1. The van der Waals surface area contributed by atoms with E-state index in [1.54, 1.807) is 47.4 Å². The summed E-state index contributed by atoms with van der Waals surface area (Å²) < 4.78 is 44.1. The van der Waals surface area contributed by atoms with Gasteiger partial charge in [0.15, 0.2) is 0 Å². The molecule has 1 amide bonds. The first kappa shape index (κ1) is 27.8. The molecular formula is C30H36FN3O3S. The molecule has 0 unspecified atom stereocenters. The molecule has 0 saturated heterocycles. The number of carbonyl (C=O) groups is 1. The standard InChI is InChI=1S/C30H36FN3O3S/c1-6-21-12-15-24(16-13-21)38(36,37)33-28-20(3)30(4,5)32-27-17-14-22(18-25(27)28)29(35)34(7-2)19-23-10-8-9-11-26(23)31/h8-18,20,28,32-33H,6-7,19H2,1-5H3/t20-,28-/m0/s1. The highest BCUT2D eigenvalue weighted by Crippen LogP contribution is 2.43. The number of hydrogen-bond acceptors (Lipinski definition) is 4. The number of hydrogen-bond donors (Lipinski definition) is 2. The average molecular weight is 538 g/mol. The van der Waals surface area contributed by atoms with Crippen LogP contribution < -0.4 is 10.0 Å². The van der Waals surface area contributed by atoms with E-state index in [0.717, 1.165) is 17.7 Å². The second kappa shape index (κ2) is 10.9. The fraction of sp³-hybridized carbons (Fsp3) is 0.367. The topological polar surface area (TPSA) is 78.5 Å². The van der Waals surface area contributed by atoms with Crippen LogP contribution in [0.2, 0.25) is 0 Å². The second-order valence-corrected chi connectivity index (χ2v) is 12.2. The van der Waals surface area contributed by atoms with Gasteiger partial charge in [-0.2, -0.15) is 0 Å². The summed E-state index contributed by atoms with van der Waals surface area (Å²) >= 11 is 0. The Morgan fingerprint density at radius 2 is 1.74 bits per heavy atom. The fourth-order valence-corrected chi connectivity index (χ4v) is 6.16. The van der Waals surface area contributed by atoms with Crippen molar-refractivity contribution in [3.8, 4) is 0 Å². The van der Waals surface area contributed by atoms with E-state index < -0.39 is 21.6 Å². The van der Waals surface area contributed by atoms with Crippen molar-refractivity contribution in [3.63, 3.8) is 0 Å². The third-order valence-electron chi connectivity index (χ3n) is 7.64. The third-order valence-corrected chi connectivity index (χ3v) is 9.10. The Morgan fingerprint density at radius 3 is 2.37 bits per heavy atom. The van der Waals surface area contributed by atoms with Crippen LogP contribution in [-0.4, -0.2) is 31.3 Å². The van der Waals surface area contributed by atoms with E-state index >= 15 is 0 Å². The summed E-state index contributed by atoms with van der Waals surface area (Å²) in [4.78, 5) is 15.3. The SMILES string of the molecule is CCc1ccc(S(=O)(=O)N[C@@H]2c3cc(C(=O)N(CC)Cc4ccccc4F)ccc3NC(C)(C)[C@H]2C)cc1. The molecule has 0 radical (unpaired) electrons. The van der Waals surface area contributed by atoms with Crippen LogP contribution in [0.25, 0.3) is 0 Å². The molecule has 2 atom stereocenters. The molecule has 202 valence electrons. The molecule has 6 nitrogen and oxygen atoms in total. The molecule has 3 aromatic carbocycles. The van der Waals surface area contributed by atoms with Crippen molar-refractivity contribution in [2.75, 3.05) is 11.9 Å². The number of benzene rings is 3. The largest absolute Gasteiger partial charge is 0.380 e. The molecule has 1 aliphatic heterocycles. The number of carbonyl (C=O) groups excluding carboxylic acids is 1. The average Bonchev–Trinajstić information content (AvgIpc) is 2.90. The maximum atomic E-state index is 14.3. The summed E-state index contributed by atoms with van der Waals surface area (Å²) in [5.74, 6) is -0.732. The van der Waals surface area contributed by atoms with E-state index in [4.69, 9.17) is 0 Å². The Bertz CT molecular complexity index is 1420. The minimum atomic E-state index is -3.83. The van der Waals surface area contributed by atoms with Crippen molar-refractivity contribution in [2.24, 2.45) is 5.92 Å². The van der Waals surface area contributed by atoms with Crippen LogP contribution in [0.4, 0.5) is 10.1 Å². The van der Waals surface area contributed by atoms with Gasteiger partial charge in [-0.1, -0.05) is 44.2 Å². The number of nitrogens with zero attached hydrogens (tertiary/aromatic N) is 1. The number of halogens is 1. The van der Waals surface area contributed by atoms with Gasteiger partial charge in [0.05, 0.1) is 10.9 Å². The molecule has 38 heavy (non-hydrogen) atoms. The van der Waals surface area contributed by atoms with Crippen LogP contribution in [-0.2, 0) is 23.0 Å². The minimum Gasteiger partial charge on any atom is -0.380 e. The molecule has 0 bridgehead atoms. The lowest BCUT2D eigenvalue weighted by atomic mass is 9.76. The summed E-state index contributed by atoms with van der Waals surface area (Å²) in [6.07, 6.45) is 0.823. The quantitative estimate of drug-likeness (QED) is 0.375. The van der Waals surface area contributed by atoms with E-state index in [1.807, 2.05) is 52.8 Å². The molecule has 0 aliphatic carbocycles. The Labute approximate surface area is 225 Å². The number of fused-ring (bicyclic) bond motifs is 1. The first-order valence-corrected chi connectivity index (χ1v) is 14.5. The van der Waals surface area contributed by atoms with Crippen molar-refractivity contribution >= 4 is 21.6 Å². The Hall–Kier alpha value is -3.23. The molecule has 4 rings (SSSR count). The fourth-order valence-electron chi connectivity index (χ4n) is 4.86. The van der Waals surface area contributed by atoms with Gasteiger partial charge in [-0.25, -0.2) is 17.5 Å². The first-order valence-electron chi connectivity index (χ1n) is 13.0.